The van der Waals surface area contributed by atoms with Gasteiger partial charge in [-0.1, -0.05) is 13.0 Å². The van der Waals surface area contributed by atoms with E-state index in [9.17, 15) is 0 Å². The van der Waals surface area contributed by atoms with Gasteiger partial charge in [-0.25, -0.2) is 0 Å². The van der Waals surface area contributed by atoms with E-state index in [4.69, 9.17) is 10.5 Å². The summed E-state index contributed by atoms with van der Waals surface area (Å²) < 4.78 is 7.70. The molecule has 0 aliphatic carbocycles. The summed E-state index contributed by atoms with van der Waals surface area (Å²) in [5.74, 6) is 0.813. The highest BCUT2D eigenvalue weighted by atomic mass is 79.9. The van der Waals surface area contributed by atoms with Crippen LogP contribution in [0.25, 0.3) is 0 Å². The zero-order chi connectivity index (χ0) is 15.2. The highest BCUT2D eigenvalue weighted by Crippen LogP contribution is 2.27. The molecular weight excluding hydrogens is 396 g/mol. The average Bonchev–Trinajstić information content (AvgIpc) is 2.48. The lowest BCUT2D eigenvalue weighted by Crippen LogP contribution is -2.21. The summed E-state index contributed by atoms with van der Waals surface area (Å²) >= 11 is 6.92. The van der Waals surface area contributed by atoms with E-state index >= 15 is 0 Å². The van der Waals surface area contributed by atoms with Gasteiger partial charge in [-0.05, 0) is 74.5 Å². The first kappa shape index (κ1) is 16.5. The Bertz CT molecular complexity index is 587. The summed E-state index contributed by atoms with van der Waals surface area (Å²) in [5, 5.41) is 0. The second-order valence-electron chi connectivity index (χ2n) is 4.89. The first-order valence-electron chi connectivity index (χ1n) is 6.85. The fraction of sp³-hybridized carbons (Fsp3) is 0.312. The van der Waals surface area contributed by atoms with Gasteiger partial charge in [0, 0.05) is 16.7 Å². The first-order valence-corrected chi connectivity index (χ1v) is 8.44. The summed E-state index contributed by atoms with van der Waals surface area (Å²) in [6.45, 7) is 2.54. The molecule has 1 aromatic carbocycles. The zero-order valence-electron chi connectivity index (χ0n) is 11.9. The molecule has 0 spiro atoms. The van der Waals surface area contributed by atoms with Crippen molar-refractivity contribution in [1.29, 1.82) is 0 Å². The number of nitrogens with zero attached hydrogens (tertiary/aromatic N) is 1. The largest absolute Gasteiger partial charge is 0.486 e. The van der Waals surface area contributed by atoms with Crippen LogP contribution in [0, 0.1) is 0 Å². The summed E-state index contributed by atoms with van der Waals surface area (Å²) in [4.78, 5) is 4.29. The Kier molecular flexibility index (Phi) is 6.21. The van der Waals surface area contributed by atoms with Gasteiger partial charge in [0.05, 0.1) is 10.2 Å². The van der Waals surface area contributed by atoms with Crippen molar-refractivity contribution in [2.75, 3.05) is 0 Å². The van der Waals surface area contributed by atoms with Crippen LogP contribution in [0.4, 0.5) is 0 Å². The van der Waals surface area contributed by atoms with E-state index in [1.165, 1.54) is 5.56 Å². The van der Waals surface area contributed by atoms with E-state index in [0.29, 0.717) is 6.61 Å². The molecule has 0 aliphatic rings. The van der Waals surface area contributed by atoms with Crippen LogP contribution in [0.1, 0.15) is 24.6 Å². The van der Waals surface area contributed by atoms with Crippen molar-refractivity contribution in [3.63, 3.8) is 0 Å². The predicted molar refractivity (Wildman–Crippen MR) is 92.4 cm³/mol. The number of rotatable bonds is 6. The number of pyridine rings is 1. The molecule has 1 aromatic heterocycles. The van der Waals surface area contributed by atoms with Crippen LogP contribution in [0.15, 0.2) is 45.5 Å². The lowest BCUT2D eigenvalue weighted by atomic mass is 10.0. The molecule has 1 unspecified atom stereocenters. The van der Waals surface area contributed by atoms with Gasteiger partial charge in [-0.15, -0.1) is 0 Å². The highest BCUT2D eigenvalue weighted by molar-refractivity contribution is 9.10. The van der Waals surface area contributed by atoms with E-state index in [1.807, 2.05) is 18.2 Å². The molecule has 2 N–H and O–H groups in total. The molecule has 2 rings (SSSR count). The maximum atomic E-state index is 5.98. The van der Waals surface area contributed by atoms with E-state index in [1.54, 1.807) is 6.20 Å². The molecule has 112 valence electrons. The molecule has 0 radical (unpaired) electrons. The van der Waals surface area contributed by atoms with Gasteiger partial charge in [-0.2, -0.15) is 0 Å². The van der Waals surface area contributed by atoms with Gasteiger partial charge >= 0.3 is 0 Å². The Morgan fingerprint density at radius 3 is 2.67 bits per heavy atom. The lowest BCUT2D eigenvalue weighted by Gasteiger charge is -2.12. The standard InChI is InChI=1S/C16H18Br2N2O/c1-2-13(19)7-11-3-6-16(15(18)8-11)21-10-14-5-4-12(17)9-20-14/h3-6,8-9,13H,2,7,10,19H2,1H3. The van der Waals surface area contributed by atoms with Crippen LogP contribution in [0.5, 0.6) is 5.75 Å². The fourth-order valence-corrected chi connectivity index (χ4v) is 2.65. The molecule has 3 nitrogen and oxygen atoms in total. The molecule has 0 fully saturated rings. The van der Waals surface area contributed by atoms with Gasteiger partial charge in [0.15, 0.2) is 0 Å². The van der Waals surface area contributed by atoms with Crippen molar-refractivity contribution in [2.24, 2.45) is 5.73 Å². The van der Waals surface area contributed by atoms with Crippen molar-refractivity contribution in [1.82, 2.24) is 4.98 Å². The van der Waals surface area contributed by atoms with Gasteiger partial charge in [0.25, 0.3) is 0 Å². The number of ether oxygens (including phenoxy) is 1. The van der Waals surface area contributed by atoms with Gasteiger partial charge in [-0.3, -0.25) is 4.98 Å². The quantitative estimate of drug-likeness (QED) is 0.760. The minimum absolute atomic E-state index is 0.204. The number of benzene rings is 1. The molecule has 1 heterocycles. The van der Waals surface area contributed by atoms with Crippen molar-refractivity contribution in [3.05, 3.63) is 56.7 Å². The van der Waals surface area contributed by atoms with Crippen molar-refractivity contribution in [3.8, 4) is 5.75 Å². The van der Waals surface area contributed by atoms with Crippen LogP contribution in [0.3, 0.4) is 0 Å². The topological polar surface area (TPSA) is 48.1 Å². The Balaban J connectivity index is 1.99. The fourth-order valence-electron chi connectivity index (χ4n) is 1.88. The van der Waals surface area contributed by atoms with Crippen LogP contribution < -0.4 is 10.5 Å². The predicted octanol–water partition coefficient (Wildman–Crippen LogP) is 4.47. The highest BCUT2D eigenvalue weighted by Gasteiger charge is 2.06. The lowest BCUT2D eigenvalue weighted by molar-refractivity contribution is 0.299. The van der Waals surface area contributed by atoms with Crippen molar-refractivity contribution >= 4 is 31.9 Å². The van der Waals surface area contributed by atoms with Crippen LogP contribution >= 0.6 is 31.9 Å². The molecule has 0 saturated heterocycles. The normalized spacial score (nSPS) is 12.2. The second kappa shape index (κ2) is 7.92. The molecular formula is C16H18Br2N2O. The molecule has 21 heavy (non-hydrogen) atoms. The second-order valence-corrected chi connectivity index (χ2v) is 6.66. The molecule has 0 amide bonds. The molecule has 0 bridgehead atoms. The Morgan fingerprint density at radius 2 is 2.05 bits per heavy atom. The Morgan fingerprint density at radius 1 is 1.24 bits per heavy atom. The molecule has 5 heteroatoms. The van der Waals surface area contributed by atoms with E-state index in [2.05, 4.69) is 55.9 Å². The summed E-state index contributed by atoms with van der Waals surface area (Å²) in [7, 11) is 0. The monoisotopic (exact) mass is 412 g/mol. The minimum Gasteiger partial charge on any atom is -0.486 e. The summed E-state index contributed by atoms with van der Waals surface area (Å²) in [6.07, 6.45) is 3.62. The van der Waals surface area contributed by atoms with E-state index in [-0.39, 0.29) is 6.04 Å². The van der Waals surface area contributed by atoms with Crippen molar-refractivity contribution < 1.29 is 4.74 Å². The zero-order valence-corrected chi connectivity index (χ0v) is 15.0. The number of halogens is 2. The first-order chi connectivity index (χ1) is 10.1. The minimum atomic E-state index is 0.204. The third-order valence-corrected chi connectivity index (χ3v) is 4.27. The van der Waals surface area contributed by atoms with Gasteiger partial charge in [0.2, 0.25) is 0 Å². The van der Waals surface area contributed by atoms with Crippen LogP contribution in [-0.2, 0) is 13.0 Å². The summed E-state index contributed by atoms with van der Waals surface area (Å²) in [6, 6.07) is 10.2. The van der Waals surface area contributed by atoms with Gasteiger partial charge in [0.1, 0.15) is 12.4 Å². The molecule has 0 saturated carbocycles. The van der Waals surface area contributed by atoms with Crippen molar-refractivity contribution in [2.45, 2.75) is 32.4 Å². The van der Waals surface area contributed by atoms with E-state index < -0.39 is 0 Å². The smallest absolute Gasteiger partial charge is 0.134 e. The van der Waals surface area contributed by atoms with Crippen LogP contribution in [0.2, 0.25) is 0 Å². The van der Waals surface area contributed by atoms with E-state index in [0.717, 1.165) is 33.2 Å². The van der Waals surface area contributed by atoms with Crippen LogP contribution in [-0.4, -0.2) is 11.0 Å². The summed E-state index contributed by atoms with van der Waals surface area (Å²) in [5.41, 5.74) is 8.09. The number of hydrogen-bond donors (Lipinski definition) is 1. The Labute approximate surface area is 142 Å². The molecule has 1 atom stereocenters. The third kappa shape index (κ3) is 5.09. The average molecular weight is 414 g/mol. The molecule has 0 aliphatic heterocycles. The number of hydrogen-bond acceptors (Lipinski definition) is 3. The van der Waals surface area contributed by atoms with Gasteiger partial charge < -0.3 is 10.5 Å². The number of nitrogens with two attached hydrogens (primary N) is 1. The SMILES string of the molecule is CCC(N)Cc1ccc(OCc2ccc(Br)cn2)c(Br)c1. The maximum Gasteiger partial charge on any atom is 0.134 e. The maximum absolute atomic E-state index is 5.98. The Hall–Kier alpha value is -0.910. The number of aromatic nitrogens is 1. The third-order valence-electron chi connectivity index (χ3n) is 3.18. The molecule has 2 aromatic rings.